The number of hydrogen-bond acceptors (Lipinski definition) is 5. The Hall–Kier alpha value is -2.67. The standard InChI is InChI=1S/C18H21N3O4/c1-21(2)6-5-19-17(23)13-10-12-14(20-18(13)24)8-11(9-15(12)22)16-4-3-7-25-16/h3-4,7,10-11H,5-6,8-9H2,1-2H3,(H,19,23)(H,20,24)/t11-/m1/s1. The van der Waals surface area contributed by atoms with Crippen molar-refractivity contribution in [2.24, 2.45) is 0 Å². The maximum Gasteiger partial charge on any atom is 0.261 e. The van der Waals surface area contributed by atoms with E-state index in [-0.39, 0.29) is 17.3 Å². The van der Waals surface area contributed by atoms with Crippen LogP contribution >= 0.6 is 0 Å². The molecule has 2 aromatic heterocycles. The van der Waals surface area contributed by atoms with E-state index in [2.05, 4.69) is 10.3 Å². The number of nitrogens with zero attached hydrogens (tertiary/aromatic N) is 1. The summed E-state index contributed by atoms with van der Waals surface area (Å²) in [6.45, 7) is 1.09. The number of amides is 1. The molecule has 0 saturated carbocycles. The maximum atomic E-state index is 12.5. The van der Waals surface area contributed by atoms with Crippen molar-refractivity contribution < 1.29 is 14.0 Å². The second-order valence-corrected chi connectivity index (χ2v) is 6.51. The van der Waals surface area contributed by atoms with Crippen molar-refractivity contribution >= 4 is 11.7 Å². The first-order valence-electron chi connectivity index (χ1n) is 8.21. The van der Waals surface area contributed by atoms with Crippen LogP contribution in [0.5, 0.6) is 0 Å². The minimum atomic E-state index is -0.478. The van der Waals surface area contributed by atoms with Gasteiger partial charge in [0.25, 0.3) is 11.5 Å². The highest BCUT2D eigenvalue weighted by molar-refractivity contribution is 6.02. The molecule has 0 fully saturated rings. The van der Waals surface area contributed by atoms with Crippen LogP contribution in [0.3, 0.4) is 0 Å². The Balaban J connectivity index is 1.82. The van der Waals surface area contributed by atoms with Gasteiger partial charge in [0, 0.05) is 36.7 Å². The number of Topliss-reactive ketones (excluding diaryl/α,β-unsaturated/α-hetero) is 1. The number of nitrogens with one attached hydrogen (secondary N) is 2. The van der Waals surface area contributed by atoms with Crippen LogP contribution in [0.1, 0.15) is 44.5 Å². The zero-order valence-electron chi connectivity index (χ0n) is 14.3. The number of fused-ring (bicyclic) bond motifs is 1. The predicted octanol–water partition coefficient (Wildman–Crippen LogP) is 1.17. The van der Waals surface area contributed by atoms with Gasteiger partial charge in [-0.3, -0.25) is 14.4 Å². The summed E-state index contributed by atoms with van der Waals surface area (Å²) < 4.78 is 5.38. The average Bonchev–Trinajstić information content (AvgIpc) is 3.08. The number of hydrogen-bond donors (Lipinski definition) is 2. The molecule has 132 valence electrons. The summed E-state index contributed by atoms with van der Waals surface area (Å²) in [6, 6.07) is 5.02. The second kappa shape index (κ2) is 7.06. The number of rotatable bonds is 5. The highest BCUT2D eigenvalue weighted by Gasteiger charge is 2.30. The third-order valence-corrected chi connectivity index (χ3v) is 4.34. The van der Waals surface area contributed by atoms with E-state index in [4.69, 9.17) is 4.42 Å². The molecule has 1 aliphatic carbocycles. The normalized spacial score (nSPS) is 16.8. The summed E-state index contributed by atoms with van der Waals surface area (Å²) in [5, 5.41) is 2.70. The number of pyridine rings is 1. The lowest BCUT2D eigenvalue weighted by Crippen LogP contribution is -2.35. The molecule has 0 radical (unpaired) electrons. The molecule has 1 atom stereocenters. The van der Waals surface area contributed by atoms with Crippen LogP contribution < -0.4 is 10.9 Å². The fourth-order valence-electron chi connectivity index (χ4n) is 3.01. The number of carbonyl (C=O) groups is 2. The van der Waals surface area contributed by atoms with Crippen molar-refractivity contribution in [2.75, 3.05) is 27.2 Å². The molecule has 2 aromatic rings. The smallest absolute Gasteiger partial charge is 0.261 e. The van der Waals surface area contributed by atoms with E-state index in [9.17, 15) is 14.4 Å². The van der Waals surface area contributed by atoms with E-state index in [1.165, 1.54) is 6.07 Å². The van der Waals surface area contributed by atoms with Gasteiger partial charge in [-0.2, -0.15) is 0 Å². The van der Waals surface area contributed by atoms with E-state index in [0.29, 0.717) is 37.2 Å². The van der Waals surface area contributed by atoms with Gasteiger partial charge in [0.05, 0.1) is 6.26 Å². The lowest BCUT2D eigenvalue weighted by Gasteiger charge is -2.22. The Labute approximate surface area is 145 Å². The lowest BCUT2D eigenvalue weighted by atomic mass is 9.84. The third-order valence-electron chi connectivity index (χ3n) is 4.34. The van der Waals surface area contributed by atoms with Gasteiger partial charge in [0.15, 0.2) is 5.78 Å². The Bertz CT molecular complexity index is 837. The number of ketones is 1. The van der Waals surface area contributed by atoms with Gasteiger partial charge in [0.2, 0.25) is 0 Å². The lowest BCUT2D eigenvalue weighted by molar-refractivity contribution is 0.0949. The van der Waals surface area contributed by atoms with Gasteiger partial charge < -0.3 is 19.6 Å². The molecule has 7 heteroatoms. The molecular weight excluding hydrogens is 322 g/mol. The van der Waals surface area contributed by atoms with Gasteiger partial charge in [-0.1, -0.05) is 0 Å². The number of carbonyl (C=O) groups excluding carboxylic acids is 2. The van der Waals surface area contributed by atoms with Gasteiger partial charge in [-0.05, 0) is 38.7 Å². The number of aromatic amines is 1. The van der Waals surface area contributed by atoms with Crippen LogP contribution in [-0.2, 0) is 6.42 Å². The molecule has 25 heavy (non-hydrogen) atoms. The van der Waals surface area contributed by atoms with Crippen LogP contribution in [0, 0.1) is 0 Å². The van der Waals surface area contributed by atoms with Gasteiger partial charge in [-0.15, -0.1) is 0 Å². The van der Waals surface area contributed by atoms with Crippen LogP contribution in [0.25, 0.3) is 0 Å². The van der Waals surface area contributed by atoms with E-state index < -0.39 is 11.5 Å². The molecule has 1 aliphatic rings. The summed E-state index contributed by atoms with van der Waals surface area (Å²) in [5.41, 5.74) is 0.476. The molecule has 0 unspecified atom stereocenters. The zero-order valence-corrected chi connectivity index (χ0v) is 14.3. The van der Waals surface area contributed by atoms with Crippen molar-refractivity contribution in [3.05, 3.63) is 57.4 Å². The fourth-order valence-corrected chi connectivity index (χ4v) is 3.01. The van der Waals surface area contributed by atoms with Crippen LogP contribution in [0.15, 0.2) is 33.7 Å². The molecule has 3 rings (SSSR count). The first-order chi connectivity index (χ1) is 12.0. The van der Waals surface area contributed by atoms with Gasteiger partial charge in [0.1, 0.15) is 11.3 Å². The van der Waals surface area contributed by atoms with Crippen molar-refractivity contribution in [1.82, 2.24) is 15.2 Å². The molecule has 0 saturated heterocycles. The minimum absolute atomic E-state index is 0.0256. The summed E-state index contributed by atoms with van der Waals surface area (Å²) >= 11 is 0. The number of aromatic nitrogens is 1. The zero-order chi connectivity index (χ0) is 18.0. The first kappa shape index (κ1) is 17.2. The highest BCUT2D eigenvalue weighted by Crippen LogP contribution is 2.31. The molecule has 0 aliphatic heterocycles. The average molecular weight is 343 g/mol. The summed E-state index contributed by atoms with van der Waals surface area (Å²) in [4.78, 5) is 41.6. The second-order valence-electron chi connectivity index (χ2n) is 6.51. The summed E-state index contributed by atoms with van der Waals surface area (Å²) in [7, 11) is 3.79. The van der Waals surface area contributed by atoms with Crippen LogP contribution in [-0.4, -0.2) is 48.8 Å². The fraction of sp³-hybridized carbons (Fsp3) is 0.389. The van der Waals surface area contributed by atoms with Crippen molar-refractivity contribution in [3.63, 3.8) is 0 Å². The molecule has 2 N–H and O–H groups in total. The molecule has 7 nitrogen and oxygen atoms in total. The monoisotopic (exact) mass is 343 g/mol. The Morgan fingerprint density at radius 1 is 1.36 bits per heavy atom. The molecule has 0 spiro atoms. The largest absolute Gasteiger partial charge is 0.469 e. The Morgan fingerprint density at radius 3 is 2.84 bits per heavy atom. The van der Waals surface area contributed by atoms with Crippen molar-refractivity contribution in [2.45, 2.75) is 18.8 Å². The molecule has 0 aromatic carbocycles. The summed E-state index contributed by atoms with van der Waals surface area (Å²) in [6.07, 6.45) is 2.37. The Kier molecular flexibility index (Phi) is 4.85. The van der Waals surface area contributed by atoms with E-state index in [1.54, 1.807) is 12.3 Å². The third kappa shape index (κ3) is 3.71. The minimum Gasteiger partial charge on any atom is -0.469 e. The number of likely N-dealkylation sites (N-methyl/N-ethyl adjacent to an activating group) is 1. The summed E-state index contributed by atoms with van der Waals surface area (Å²) in [5.74, 6) is 0.0730. The van der Waals surface area contributed by atoms with Gasteiger partial charge >= 0.3 is 0 Å². The van der Waals surface area contributed by atoms with E-state index >= 15 is 0 Å². The van der Waals surface area contributed by atoms with Crippen LogP contribution in [0.2, 0.25) is 0 Å². The quantitative estimate of drug-likeness (QED) is 0.850. The predicted molar refractivity (Wildman–Crippen MR) is 92.1 cm³/mol. The van der Waals surface area contributed by atoms with E-state index in [0.717, 1.165) is 5.76 Å². The SMILES string of the molecule is CN(C)CCNC(=O)c1cc2c([nH]c1=O)C[C@@H](c1ccco1)CC2=O. The molecule has 0 bridgehead atoms. The van der Waals surface area contributed by atoms with Gasteiger partial charge in [-0.25, -0.2) is 0 Å². The Morgan fingerprint density at radius 2 is 2.16 bits per heavy atom. The van der Waals surface area contributed by atoms with E-state index in [1.807, 2.05) is 25.1 Å². The first-order valence-corrected chi connectivity index (χ1v) is 8.21. The number of H-pyrrole nitrogens is 1. The van der Waals surface area contributed by atoms with Crippen molar-refractivity contribution in [1.29, 1.82) is 0 Å². The maximum absolute atomic E-state index is 12.5. The number of furan rings is 1. The van der Waals surface area contributed by atoms with Crippen LogP contribution in [0.4, 0.5) is 0 Å². The topological polar surface area (TPSA) is 95.4 Å². The molecule has 2 heterocycles. The van der Waals surface area contributed by atoms with Crippen molar-refractivity contribution in [3.8, 4) is 0 Å². The molecular formula is C18H21N3O4. The molecule has 1 amide bonds. The highest BCUT2D eigenvalue weighted by atomic mass is 16.3.